The summed E-state index contributed by atoms with van der Waals surface area (Å²) in [6.07, 6.45) is -0.338. The highest BCUT2D eigenvalue weighted by atomic mass is 19.1. The summed E-state index contributed by atoms with van der Waals surface area (Å²) in [7, 11) is 0. The lowest BCUT2D eigenvalue weighted by molar-refractivity contribution is -0.161. The van der Waals surface area contributed by atoms with E-state index in [0.717, 1.165) is 0 Å². The van der Waals surface area contributed by atoms with Gasteiger partial charge in [-0.2, -0.15) is 0 Å². The number of rotatable bonds is 4. The predicted octanol–water partition coefficient (Wildman–Crippen LogP) is 3.95. The summed E-state index contributed by atoms with van der Waals surface area (Å²) in [5.41, 5.74) is 2.16. The molecule has 1 spiro atoms. The summed E-state index contributed by atoms with van der Waals surface area (Å²) in [4.78, 5) is 41.3. The highest BCUT2D eigenvalue weighted by Gasteiger charge is 2.55. The van der Waals surface area contributed by atoms with Crippen molar-refractivity contribution in [2.75, 3.05) is 32.8 Å². The molecule has 6 rings (SSSR count). The number of aromatic nitrogens is 1. The number of carbonyl (C=O) groups excluding carboxylic acids is 2. The molecule has 3 aliphatic rings. The fourth-order valence-electron chi connectivity index (χ4n) is 5.33. The van der Waals surface area contributed by atoms with Gasteiger partial charge in [0.15, 0.2) is 12.5 Å². The second kappa shape index (κ2) is 8.82. The SMILES string of the molecule is CC(C)(C)OC(=O)N1CC2(CN(C(=O)CO/N=C3/C(c4c(O)[nH]c5ccc(F)cc45)=Nc4ccccc43)C2)C1. The molecule has 2 saturated heterocycles. The third-order valence-electron chi connectivity index (χ3n) is 7.05. The van der Waals surface area contributed by atoms with E-state index >= 15 is 0 Å². The van der Waals surface area contributed by atoms with Gasteiger partial charge in [0, 0.05) is 48.1 Å². The number of ether oxygens (including phenoxy) is 1. The van der Waals surface area contributed by atoms with Crippen LogP contribution in [0.25, 0.3) is 10.9 Å². The van der Waals surface area contributed by atoms with Crippen molar-refractivity contribution in [1.29, 1.82) is 0 Å². The summed E-state index contributed by atoms with van der Waals surface area (Å²) in [6, 6.07) is 11.4. The average molecular weight is 534 g/mol. The van der Waals surface area contributed by atoms with Crippen LogP contribution in [0.4, 0.5) is 14.9 Å². The quantitative estimate of drug-likeness (QED) is 0.492. The number of H-pyrrole nitrogens is 1. The number of aromatic amines is 1. The highest BCUT2D eigenvalue weighted by Crippen LogP contribution is 2.40. The summed E-state index contributed by atoms with van der Waals surface area (Å²) < 4.78 is 19.4. The number of carbonyl (C=O) groups is 2. The molecule has 0 bridgehead atoms. The Morgan fingerprint density at radius 2 is 1.85 bits per heavy atom. The molecule has 202 valence electrons. The van der Waals surface area contributed by atoms with Gasteiger partial charge in [-0.1, -0.05) is 23.4 Å². The Labute approximate surface area is 223 Å². The molecule has 2 fully saturated rings. The van der Waals surface area contributed by atoms with E-state index in [1.54, 1.807) is 15.9 Å². The summed E-state index contributed by atoms with van der Waals surface area (Å²) >= 11 is 0. The summed E-state index contributed by atoms with van der Waals surface area (Å²) in [5.74, 6) is -0.840. The number of para-hydroxylation sites is 1. The van der Waals surface area contributed by atoms with Crippen LogP contribution in [0.5, 0.6) is 5.88 Å². The molecule has 10 nitrogen and oxygen atoms in total. The number of hydrogen-bond acceptors (Lipinski definition) is 7. The number of aromatic hydroxyl groups is 1. The van der Waals surface area contributed by atoms with E-state index in [4.69, 9.17) is 9.57 Å². The van der Waals surface area contributed by atoms with Gasteiger partial charge in [0.2, 0.25) is 0 Å². The molecule has 0 radical (unpaired) electrons. The van der Waals surface area contributed by atoms with Crippen LogP contribution in [0, 0.1) is 11.2 Å². The Morgan fingerprint density at radius 3 is 2.59 bits per heavy atom. The Kier molecular flexibility index (Phi) is 5.63. The minimum absolute atomic E-state index is 0.0924. The van der Waals surface area contributed by atoms with Gasteiger partial charge in [-0.15, -0.1) is 0 Å². The van der Waals surface area contributed by atoms with Gasteiger partial charge in [-0.25, -0.2) is 14.2 Å². The number of halogens is 1. The Balaban J connectivity index is 1.12. The number of nitrogens with one attached hydrogen (secondary N) is 1. The molecule has 2 N–H and O–H groups in total. The third-order valence-corrected chi connectivity index (χ3v) is 7.05. The van der Waals surface area contributed by atoms with Crippen LogP contribution in [-0.2, 0) is 14.4 Å². The zero-order valence-corrected chi connectivity index (χ0v) is 21.8. The second-order valence-electron chi connectivity index (χ2n) is 11.3. The van der Waals surface area contributed by atoms with E-state index in [-0.39, 0.29) is 29.9 Å². The lowest BCUT2D eigenvalue weighted by Gasteiger charge is -2.59. The molecule has 0 saturated carbocycles. The second-order valence-corrected chi connectivity index (χ2v) is 11.3. The topological polar surface area (TPSA) is 120 Å². The smallest absolute Gasteiger partial charge is 0.410 e. The third kappa shape index (κ3) is 4.47. The molecule has 0 aliphatic carbocycles. The normalized spacial score (nSPS) is 18.6. The van der Waals surface area contributed by atoms with Crippen molar-refractivity contribution in [2.24, 2.45) is 15.6 Å². The van der Waals surface area contributed by atoms with Gasteiger partial charge in [-0.3, -0.25) is 4.79 Å². The molecule has 0 unspecified atom stereocenters. The van der Waals surface area contributed by atoms with E-state index in [0.29, 0.717) is 65.3 Å². The highest BCUT2D eigenvalue weighted by molar-refractivity contribution is 6.58. The molecule has 4 heterocycles. The molecule has 39 heavy (non-hydrogen) atoms. The van der Waals surface area contributed by atoms with Gasteiger partial charge in [0.25, 0.3) is 5.91 Å². The minimum atomic E-state index is -0.548. The van der Waals surface area contributed by atoms with Crippen molar-refractivity contribution in [1.82, 2.24) is 14.8 Å². The van der Waals surface area contributed by atoms with E-state index in [1.807, 2.05) is 39.0 Å². The van der Waals surface area contributed by atoms with Gasteiger partial charge < -0.3 is 29.5 Å². The van der Waals surface area contributed by atoms with Crippen molar-refractivity contribution < 1.29 is 28.7 Å². The zero-order valence-electron chi connectivity index (χ0n) is 21.8. The Morgan fingerprint density at radius 1 is 1.13 bits per heavy atom. The van der Waals surface area contributed by atoms with E-state index in [9.17, 15) is 19.1 Å². The molecule has 3 aliphatic heterocycles. The number of benzene rings is 2. The number of oxime groups is 1. The molecule has 0 atom stereocenters. The van der Waals surface area contributed by atoms with Crippen LogP contribution in [0.15, 0.2) is 52.6 Å². The number of likely N-dealkylation sites (tertiary alicyclic amines) is 2. The lowest BCUT2D eigenvalue weighted by atomic mass is 9.73. The maximum absolute atomic E-state index is 14.0. The first-order valence-corrected chi connectivity index (χ1v) is 12.7. The Bertz CT molecular complexity index is 1560. The van der Waals surface area contributed by atoms with E-state index in [2.05, 4.69) is 15.1 Å². The van der Waals surface area contributed by atoms with Crippen LogP contribution in [0.2, 0.25) is 0 Å². The van der Waals surface area contributed by atoms with E-state index in [1.165, 1.54) is 18.2 Å². The number of fused-ring (bicyclic) bond motifs is 2. The fraction of sp³-hybridized carbons (Fsp3) is 0.357. The summed E-state index contributed by atoms with van der Waals surface area (Å²) in [6.45, 7) is 7.39. The Hall–Kier alpha value is -4.41. The van der Waals surface area contributed by atoms with Crippen molar-refractivity contribution >= 4 is 40.0 Å². The van der Waals surface area contributed by atoms with Crippen LogP contribution in [0.1, 0.15) is 31.9 Å². The van der Waals surface area contributed by atoms with Crippen molar-refractivity contribution in [3.63, 3.8) is 0 Å². The van der Waals surface area contributed by atoms with Crippen LogP contribution >= 0.6 is 0 Å². The molecular formula is C28H28FN5O5. The molecule has 2 amide bonds. The first-order valence-electron chi connectivity index (χ1n) is 12.7. The maximum atomic E-state index is 14.0. The first-order chi connectivity index (χ1) is 18.5. The van der Waals surface area contributed by atoms with Crippen molar-refractivity contribution in [3.8, 4) is 5.88 Å². The first kappa shape index (κ1) is 24.9. The van der Waals surface area contributed by atoms with Crippen molar-refractivity contribution in [3.05, 3.63) is 59.4 Å². The molecular weight excluding hydrogens is 505 g/mol. The fourth-order valence-corrected chi connectivity index (χ4v) is 5.33. The summed E-state index contributed by atoms with van der Waals surface area (Å²) in [5, 5.41) is 15.3. The van der Waals surface area contributed by atoms with Crippen LogP contribution in [-0.4, -0.2) is 81.7 Å². The van der Waals surface area contributed by atoms with Crippen molar-refractivity contribution in [2.45, 2.75) is 26.4 Å². The van der Waals surface area contributed by atoms with Gasteiger partial charge in [-0.05, 0) is 45.0 Å². The minimum Gasteiger partial charge on any atom is -0.494 e. The molecule has 1 aromatic heterocycles. The number of hydrogen-bond donors (Lipinski definition) is 2. The average Bonchev–Trinajstić information content (AvgIpc) is 3.32. The number of aliphatic imine (C=N–C) groups is 1. The van der Waals surface area contributed by atoms with Gasteiger partial charge >= 0.3 is 6.09 Å². The standard InChI is InChI=1S/C28H28FN5O5/c1-27(2,3)39-26(37)34-14-28(15-34)12-33(13-28)21(35)11-38-32-23-17-6-4-5-7-19(17)30-24(23)22-18-10-16(29)8-9-20(18)31-25(22)36/h4-10,31,36H,11-15H2,1-3H3/b32-23+. The number of nitrogens with zero attached hydrogens (tertiary/aromatic N) is 4. The zero-order chi connectivity index (χ0) is 27.5. The monoisotopic (exact) mass is 533 g/mol. The molecule has 3 aromatic rings. The predicted molar refractivity (Wildman–Crippen MR) is 142 cm³/mol. The molecule has 11 heteroatoms. The lowest BCUT2D eigenvalue weighted by Crippen LogP contribution is -2.74. The van der Waals surface area contributed by atoms with Crippen LogP contribution in [0.3, 0.4) is 0 Å². The van der Waals surface area contributed by atoms with E-state index < -0.39 is 11.4 Å². The van der Waals surface area contributed by atoms with Gasteiger partial charge in [0.05, 0.1) is 11.3 Å². The molecule has 2 aromatic carbocycles. The number of amides is 2. The van der Waals surface area contributed by atoms with Gasteiger partial charge in [0.1, 0.15) is 22.8 Å². The maximum Gasteiger partial charge on any atom is 0.410 e. The van der Waals surface area contributed by atoms with Crippen LogP contribution < -0.4 is 0 Å². The largest absolute Gasteiger partial charge is 0.494 e.